The van der Waals surface area contributed by atoms with Crippen molar-refractivity contribution in [2.24, 2.45) is 22.7 Å². The number of hydrogen-bond acceptors (Lipinski definition) is 4. The van der Waals surface area contributed by atoms with Gasteiger partial charge >= 0.3 is 11.9 Å². The second-order valence-electron chi connectivity index (χ2n) is 10.7. The summed E-state index contributed by atoms with van der Waals surface area (Å²) >= 11 is 58.3. The number of esters is 2. The number of fused-ring (bicyclic) bond motifs is 2. The van der Waals surface area contributed by atoms with Gasteiger partial charge in [0.05, 0.1) is 10.8 Å². The number of hydrogen-bond donors (Lipinski definition) is 0. The monoisotopic (exact) mass is 728 g/mol. The molecule has 4 nitrogen and oxygen atoms in total. The molecule has 0 N–H and O–H groups in total. The molecule has 4 rings (SSSR count). The topological polar surface area (TPSA) is 52.6 Å². The lowest BCUT2D eigenvalue weighted by atomic mass is 9.63. The average Bonchev–Trinajstić information content (AvgIpc) is 2.78. The van der Waals surface area contributed by atoms with E-state index < -0.39 is 30.6 Å². The lowest BCUT2D eigenvalue weighted by Crippen LogP contribution is -2.51. The minimum atomic E-state index is -1.59. The number of alkyl halides is 6. The lowest BCUT2D eigenvalue weighted by Gasteiger charge is -2.47. The molecule has 2 aliphatic heterocycles. The summed E-state index contributed by atoms with van der Waals surface area (Å²) in [7, 11) is 0. The highest BCUT2D eigenvalue weighted by molar-refractivity contribution is 6.68. The standard InChI is InChI=1S/2C12H13Cl5O2/c2*1-11-5-6(9(13)14)2-3-7(11)4-8(12(15,16)17)19-10(11)18/h2*7-8H,2-5H2,1H3/t2*7-,8+,11+/m11/s1. The van der Waals surface area contributed by atoms with Crippen molar-refractivity contribution in [2.45, 2.75) is 85.0 Å². The van der Waals surface area contributed by atoms with Crippen LogP contribution < -0.4 is 0 Å². The van der Waals surface area contributed by atoms with Crippen LogP contribution >= 0.6 is 116 Å². The molecule has 0 bridgehead atoms. The van der Waals surface area contributed by atoms with Crippen LogP contribution in [0.2, 0.25) is 0 Å². The number of halogens is 10. The van der Waals surface area contributed by atoms with Gasteiger partial charge in [0, 0.05) is 0 Å². The molecule has 0 unspecified atom stereocenters. The molecule has 2 heterocycles. The molecule has 0 spiro atoms. The summed E-state index contributed by atoms with van der Waals surface area (Å²) in [5, 5.41) is 0. The molecular formula is C24H26Cl10O4. The summed E-state index contributed by atoms with van der Waals surface area (Å²) < 4.78 is 7.94. The van der Waals surface area contributed by atoms with Gasteiger partial charge in [-0.3, -0.25) is 9.59 Å². The van der Waals surface area contributed by atoms with Crippen molar-refractivity contribution in [3.05, 3.63) is 20.1 Å². The van der Waals surface area contributed by atoms with E-state index in [0.29, 0.717) is 25.7 Å². The Labute approximate surface area is 272 Å². The van der Waals surface area contributed by atoms with E-state index in [1.54, 1.807) is 0 Å². The van der Waals surface area contributed by atoms with Crippen LogP contribution in [0.3, 0.4) is 0 Å². The van der Waals surface area contributed by atoms with E-state index in [4.69, 9.17) is 125 Å². The zero-order chi connectivity index (χ0) is 28.8. The zero-order valence-corrected chi connectivity index (χ0v) is 27.9. The number of cyclic esters (lactones) is 2. The molecule has 4 fully saturated rings. The number of rotatable bonds is 0. The second kappa shape index (κ2) is 12.5. The SMILES string of the molecule is C[C@]12CC(=C(Cl)Cl)CC[C@@H]1C[C@@H](C(Cl)(Cl)Cl)OC2=O.C[C@]12CC(=C(Cl)Cl)CC[C@@H]1C[C@@H](C(Cl)(Cl)Cl)OC2=O. The minimum Gasteiger partial charge on any atom is -0.457 e. The Balaban J connectivity index is 0.000000211. The Morgan fingerprint density at radius 1 is 0.684 bits per heavy atom. The average molecular weight is 733 g/mol. The van der Waals surface area contributed by atoms with E-state index in [-0.39, 0.29) is 32.8 Å². The van der Waals surface area contributed by atoms with Crippen molar-refractivity contribution in [1.82, 2.24) is 0 Å². The van der Waals surface area contributed by atoms with E-state index in [1.165, 1.54) is 0 Å². The molecule has 0 aromatic rings. The maximum atomic E-state index is 12.3. The van der Waals surface area contributed by atoms with E-state index in [9.17, 15) is 9.59 Å². The molecule has 14 heteroatoms. The Morgan fingerprint density at radius 2 is 1.00 bits per heavy atom. The highest BCUT2D eigenvalue weighted by atomic mass is 35.6. The molecular weight excluding hydrogens is 707 g/mol. The Morgan fingerprint density at radius 3 is 1.26 bits per heavy atom. The molecule has 2 aliphatic carbocycles. The molecule has 38 heavy (non-hydrogen) atoms. The number of ether oxygens (including phenoxy) is 2. The van der Waals surface area contributed by atoms with E-state index in [2.05, 4.69) is 0 Å². The van der Waals surface area contributed by atoms with E-state index >= 15 is 0 Å². The van der Waals surface area contributed by atoms with Crippen LogP contribution in [-0.4, -0.2) is 31.7 Å². The van der Waals surface area contributed by atoms with Crippen LogP contribution in [0.15, 0.2) is 20.1 Å². The van der Waals surface area contributed by atoms with Crippen molar-refractivity contribution in [3.63, 3.8) is 0 Å². The van der Waals surface area contributed by atoms with Crippen LogP contribution in [0.4, 0.5) is 0 Å². The molecule has 2 saturated carbocycles. The lowest BCUT2D eigenvalue weighted by molar-refractivity contribution is -0.178. The molecule has 4 aliphatic rings. The summed E-state index contributed by atoms with van der Waals surface area (Å²) in [4.78, 5) is 24.5. The Bertz CT molecular complexity index is 929. The maximum absolute atomic E-state index is 12.3. The van der Waals surface area contributed by atoms with Gasteiger partial charge in [0.25, 0.3) is 0 Å². The molecule has 2 saturated heterocycles. The van der Waals surface area contributed by atoms with Crippen molar-refractivity contribution >= 4 is 128 Å². The summed E-state index contributed by atoms with van der Waals surface area (Å²) in [6.45, 7) is 3.73. The quantitative estimate of drug-likeness (QED) is 0.184. The first-order valence-corrected chi connectivity index (χ1v) is 15.7. The van der Waals surface area contributed by atoms with Crippen molar-refractivity contribution in [1.29, 1.82) is 0 Å². The molecule has 0 aromatic heterocycles. The van der Waals surface area contributed by atoms with Crippen LogP contribution in [0.5, 0.6) is 0 Å². The van der Waals surface area contributed by atoms with Gasteiger partial charge in [0.1, 0.15) is 21.2 Å². The van der Waals surface area contributed by atoms with Gasteiger partial charge < -0.3 is 9.47 Å². The summed E-state index contributed by atoms with van der Waals surface area (Å²) in [5.41, 5.74) is 0.530. The third kappa shape index (κ3) is 7.44. The number of carbonyl (C=O) groups excluding carboxylic acids is 2. The molecule has 0 aromatic carbocycles. The third-order valence-electron chi connectivity index (χ3n) is 8.25. The van der Waals surface area contributed by atoms with Crippen molar-refractivity contribution in [3.8, 4) is 0 Å². The first-order chi connectivity index (χ1) is 17.3. The summed E-state index contributed by atoms with van der Waals surface area (Å²) in [6.07, 6.45) is 3.84. The van der Waals surface area contributed by atoms with Gasteiger partial charge in [0.2, 0.25) is 7.59 Å². The highest BCUT2D eigenvalue weighted by Gasteiger charge is 2.55. The van der Waals surface area contributed by atoms with Crippen LogP contribution in [0, 0.1) is 22.7 Å². The van der Waals surface area contributed by atoms with Gasteiger partial charge in [-0.05, 0) is 88.2 Å². The van der Waals surface area contributed by atoms with Crippen molar-refractivity contribution in [2.75, 3.05) is 0 Å². The summed E-state index contributed by atoms with van der Waals surface area (Å²) in [6, 6.07) is 0. The Kier molecular flexibility index (Phi) is 11.1. The number of carbonyl (C=O) groups is 2. The van der Waals surface area contributed by atoms with Crippen LogP contribution in [0.1, 0.15) is 65.2 Å². The predicted octanol–water partition coefficient (Wildman–Crippen LogP) is 10.3. The minimum absolute atomic E-state index is 0.116. The summed E-state index contributed by atoms with van der Waals surface area (Å²) in [5.74, 6) is -0.449. The molecule has 216 valence electrons. The number of allylic oxidation sites excluding steroid dienone is 2. The van der Waals surface area contributed by atoms with Gasteiger partial charge in [-0.1, -0.05) is 116 Å². The Hall–Kier alpha value is 1.32. The molecule has 6 atom stereocenters. The van der Waals surface area contributed by atoms with Crippen LogP contribution in [0.25, 0.3) is 0 Å². The van der Waals surface area contributed by atoms with Gasteiger partial charge in [-0.2, -0.15) is 0 Å². The van der Waals surface area contributed by atoms with Gasteiger partial charge in [-0.25, -0.2) is 0 Å². The fraction of sp³-hybridized carbons (Fsp3) is 0.750. The fourth-order valence-corrected chi connectivity index (χ4v) is 7.23. The first kappa shape index (κ1) is 33.8. The molecule has 0 amide bonds. The van der Waals surface area contributed by atoms with E-state index in [0.717, 1.165) is 36.8 Å². The molecule has 0 radical (unpaired) electrons. The zero-order valence-electron chi connectivity index (χ0n) is 20.4. The second-order valence-corrected chi connectivity index (χ2v) is 17.4. The normalized spacial score (nSPS) is 35.7. The fourth-order valence-electron chi connectivity index (χ4n) is 5.78. The first-order valence-electron chi connectivity index (χ1n) is 11.9. The highest BCUT2D eigenvalue weighted by Crippen LogP contribution is 2.54. The van der Waals surface area contributed by atoms with E-state index in [1.807, 2.05) is 13.8 Å². The predicted molar refractivity (Wildman–Crippen MR) is 158 cm³/mol. The van der Waals surface area contributed by atoms with Gasteiger partial charge in [0.15, 0.2) is 0 Å². The third-order valence-corrected chi connectivity index (χ3v) is 10.8. The maximum Gasteiger partial charge on any atom is 0.312 e. The smallest absolute Gasteiger partial charge is 0.312 e. The van der Waals surface area contributed by atoms with Crippen LogP contribution in [-0.2, 0) is 19.1 Å². The van der Waals surface area contributed by atoms with Gasteiger partial charge in [-0.15, -0.1) is 0 Å². The van der Waals surface area contributed by atoms with Crippen molar-refractivity contribution < 1.29 is 19.1 Å². The largest absolute Gasteiger partial charge is 0.457 e.